The molecule has 20 heavy (non-hydrogen) atoms. The number of nitrogens with zero attached hydrogens (tertiary/aromatic N) is 2. The molecule has 1 unspecified atom stereocenters. The van der Waals surface area contributed by atoms with Crippen LogP contribution in [0.15, 0.2) is 0 Å². The second-order valence-electron chi connectivity index (χ2n) is 7.43. The lowest BCUT2D eigenvalue weighted by atomic mass is 9.51. The summed E-state index contributed by atoms with van der Waals surface area (Å²) in [5.41, 5.74) is 6.40. The number of aryl methyl sites for hydroxylation is 1. The number of nitrogens with two attached hydrogens (primary N) is 1. The maximum Gasteiger partial charge on any atom is 0.167 e. The van der Waals surface area contributed by atoms with Gasteiger partial charge in [-0.25, -0.2) is 4.98 Å². The van der Waals surface area contributed by atoms with Crippen molar-refractivity contribution >= 4 is 0 Å². The fourth-order valence-electron chi connectivity index (χ4n) is 5.46. The van der Waals surface area contributed by atoms with E-state index in [0.717, 1.165) is 54.1 Å². The highest BCUT2D eigenvalue weighted by Crippen LogP contribution is 2.57. The summed E-state index contributed by atoms with van der Waals surface area (Å²) < 4.78 is 0. The molecule has 4 aliphatic carbocycles. The predicted octanol–water partition coefficient (Wildman–Crippen LogP) is 2.83. The summed E-state index contributed by atoms with van der Waals surface area (Å²) in [6, 6.07) is 0.0223. The Bertz CT molecular complexity index is 453. The fourth-order valence-corrected chi connectivity index (χ4v) is 5.46. The summed E-state index contributed by atoms with van der Waals surface area (Å²) in [5, 5.41) is 7.31. The number of rotatable bonds is 4. The third-order valence-corrected chi connectivity index (χ3v) is 6.16. The summed E-state index contributed by atoms with van der Waals surface area (Å²) in [6.07, 6.45) is 9.40. The van der Waals surface area contributed by atoms with Crippen molar-refractivity contribution in [1.82, 2.24) is 15.2 Å². The van der Waals surface area contributed by atoms with Crippen LogP contribution in [-0.2, 0) is 6.42 Å². The van der Waals surface area contributed by atoms with Crippen molar-refractivity contribution in [2.75, 3.05) is 0 Å². The van der Waals surface area contributed by atoms with E-state index in [-0.39, 0.29) is 6.04 Å². The van der Waals surface area contributed by atoms with Gasteiger partial charge in [-0.1, -0.05) is 6.92 Å². The summed E-state index contributed by atoms with van der Waals surface area (Å²) in [7, 11) is 0. The zero-order chi connectivity index (χ0) is 13.7. The minimum atomic E-state index is 0.0223. The smallest absolute Gasteiger partial charge is 0.167 e. The van der Waals surface area contributed by atoms with Gasteiger partial charge in [0.25, 0.3) is 0 Å². The van der Waals surface area contributed by atoms with Crippen LogP contribution < -0.4 is 5.73 Å². The van der Waals surface area contributed by atoms with E-state index in [0.29, 0.717) is 0 Å². The van der Waals surface area contributed by atoms with Crippen LogP contribution >= 0.6 is 0 Å². The fraction of sp³-hybridized carbons (Fsp3) is 0.875. The van der Waals surface area contributed by atoms with Gasteiger partial charge in [0, 0.05) is 6.42 Å². The van der Waals surface area contributed by atoms with E-state index in [1.54, 1.807) is 0 Å². The molecular formula is C16H26N4. The van der Waals surface area contributed by atoms with Gasteiger partial charge in [0.2, 0.25) is 0 Å². The second kappa shape index (κ2) is 4.83. The average molecular weight is 274 g/mol. The largest absolute Gasteiger partial charge is 0.321 e. The van der Waals surface area contributed by atoms with E-state index < -0.39 is 0 Å². The highest BCUT2D eigenvalue weighted by Gasteiger charge is 2.48. The van der Waals surface area contributed by atoms with Gasteiger partial charge in [-0.3, -0.25) is 5.10 Å². The first-order valence-corrected chi connectivity index (χ1v) is 8.39. The molecule has 1 atom stereocenters. The molecule has 4 saturated carbocycles. The molecule has 0 aromatic carbocycles. The van der Waals surface area contributed by atoms with Crippen molar-refractivity contribution in [3.63, 3.8) is 0 Å². The molecule has 0 radical (unpaired) electrons. The third-order valence-electron chi connectivity index (χ3n) is 6.16. The molecule has 0 saturated heterocycles. The van der Waals surface area contributed by atoms with Crippen LogP contribution in [0.4, 0.5) is 0 Å². The highest BCUT2D eigenvalue weighted by atomic mass is 15.2. The van der Waals surface area contributed by atoms with Crippen LogP contribution in [0.5, 0.6) is 0 Å². The number of nitrogens with one attached hydrogen (secondary N) is 1. The van der Waals surface area contributed by atoms with Crippen molar-refractivity contribution in [1.29, 1.82) is 0 Å². The summed E-state index contributed by atoms with van der Waals surface area (Å²) in [5.74, 6) is 6.60. The van der Waals surface area contributed by atoms with Crippen LogP contribution in [0.25, 0.3) is 0 Å². The van der Waals surface area contributed by atoms with Gasteiger partial charge in [-0.15, -0.1) is 0 Å². The van der Waals surface area contributed by atoms with Gasteiger partial charge in [0.05, 0.1) is 6.04 Å². The maximum atomic E-state index is 6.40. The van der Waals surface area contributed by atoms with Crippen LogP contribution in [0.2, 0.25) is 0 Å². The van der Waals surface area contributed by atoms with Crippen LogP contribution in [0, 0.1) is 29.6 Å². The Morgan fingerprint density at radius 3 is 2.35 bits per heavy atom. The minimum Gasteiger partial charge on any atom is -0.321 e. The van der Waals surface area contributed by atoms with Gasteiger partial charge < -0.3 is 5.73 Å². The molecule has 4 nitrogen and oxygen atoms in total. The van der Waals surface area contributed by atoms with Crippen molar-refractivity contribution in [3.8, 4) is 0 Å². The van der Waals surface area contributed by atoms with Gasteiger partial charge >= 0.3 is 0 Å². The molecule has 4 heteroatoms. The predicted molar refractivity (Wildman–Crippen MR) is 77.8 cm³/mol. The Morgan fingerprint density at radius 1 is 1.15 bits per heavy atom. The first-order valence-electron chi connectivity index (χ1n) is 8.39. The second-order valence-corrected chi connectivity index (χ2v) is 7.43. The standard InChI is InChI=1S/C16H26N4/c1-2-15-18-16(20-19-15)14(17)8-13-11-4-9-3-10(6-11)7-12(13)5-9/h9-14H,2-8,17H2,1H3,(H,18,19,20). The monoisotopic (exact) mass is 274 g/mol. The zero-order valence-electron chi connectivity index (χ0n) is 12.4. The average Bonchev–Trinajstić information content (AvgIpc) is 2.91. The normalized spacial score (nSPS) is 40.2. The number of aromatic amines is 1. The number of aromatic nitrogens is 3. The molecule has 1 aromatic rings. The van der Waals surface area contributed by atoms with Gasteiger partial charge in [0.1, 0.15) is 5.82 Å². The lowest BCUT2D eigenvalue weighted by Crippen LogP contribution is -2.45. The van der Waals surface area contributed by atoms with Gasteiger partial charge in [0.15, 0.2) is 5.82 Å². The first kappa shape index (κ1) is 12.8. The third kappa shape index (κ3) is 2.09. The maximum absolute atomic E-state index is 6.40. The van der Waals surface area contributed by atoms with Crippen LogP contribution in [0.1, 0.15) is 63.1 Å². The number of hydrogen-bond acceptors (Lipinski definition) is 3. The molecular weight excluding hydrogens is 248 g/mol. The topological polar surface area (TPSA) is 67.6 Å². The first-order chi connectivity index (χ1) is 9.72. The molecule has 4 bridgehead atoms. The molecule has 0 spiro atoms. The SMILES string of the molecule is CCc1nc(C(N)CC2C3CC4CC(C3)CC2C4)n[nH]1. The summed E-state index contributed by atoms with van der Waals surface area (Å²) >= 11 is 0. The Morgan fingerprint density at radius 2 is 1.80 bits per heavy atom. The minimum absolute atomic E-state index is 0.0223. The van der Waals surface area contributed by atoms with E-state index >= 15 is 0 Å². The molecule has 110 valence electrons. The molecule has 1 heterocycles. The Balaban J connectivity index is 1.46. The van der Waals surface area contributed by atoms with E-state index in [1.165, 1.54) is 32.1 Å². The van der Waals surface area contributed by atoms with E-state index in [2.05, 4.69) is 22.1 Å². The van der Waals surface area contributed by atoms with Gasteiger partial charge in [-0.05, 0) is 68.1 Å². The molecule has 4 fully saturated rings. The van der Waals surface area contributed by atoms with Crippen LogP contribution in [0.3, 0.4) is 0 Å². The summed E-state index contributed by atoms with van der Waals surface area (Å²) in [6.45, 7) is 2.09. The van der Waals surface area contributed by atoms with Gasteiger partial charge in [-0.2, -0.15) is 5.10 Å². The number of hydrogen-bond donors (Lipinski definition) is 2. The van der Waals surface area contributed by atoms with E-state index in [1.807, 2.05) is 0 Å². The van der Waals surface area contributed by atoms with Crippen molar-refractivity contribution in [2.24, 2.45) is 35.3 Å². The number of H-pyrrole nitrogens is 1. The Hall–Kier alpha value is -0.900. The molecule has 5 rings (SSSR count). The van der Waals surface area contributed by atoms with E-state index in [9.17, 15) is 0 Å². The highest BCUT2D eigenvalue weighted by molar-refractivity contribution is 5.02. The lowest BCUT2D eigenvalue weighted by molar-refractivity contribution is -0.0423. The van der Waals surface area contributed by atoms with Crippen LogP contribution in [-0.4, -0.2) is 15.2 Å². The molecule has 4 aliphatic rings. The lowest BCUT2D eigenvalue weighted by Gasteiger charge is -2.55. The Labute approximate surface area is 120 Å². The molecule has 0 amide bonds. The summed E-state index contributed by atoms with van der Waals surface area (Å²) in [4.78, 5) is 4.52. The van der Waals surface area contributed by atoms with Crippen molar-refractivity contribution in [2.45, 2.75) is 57.9 Å². The van der Waals surface area contributed by atoms with Crippen molar-refractivity contribution < 1.29 is 0 Å². The Kier molecular flexibility index (Phi) is 3.09. The van der Waals surface area contributed by atoms with Crippen molar-refractivity contribution in [3.05, 3.63) is 11.6 Å². The van der Waals surface area contributed by atoms with E-state index in [4.69, 9.17) is 5.73 Å². The quantitative estimate of drug-likeness (QED) is 0.887. The molecule has 0 aliphatic heterocycles. The molecule has 3 N–H and O–H groups in total. The zero-order valence-corrected chi connectivity index (χ0v) is 12.4. The molecule has 1 aromatic heterocycles.